The number of para-hydroxylation sites is 1. The third kappa shape index (κ3) is 1.87. The number of hydrogen-bond donors (Lipinski definition) is 0. The SMILES string of the molecule is CC1OCCC1(C)n1c(CCl)nc2cccc(Cl)c21. The molecule has 0 bridgehead atoms. The lowest BCUT2D eigenvalue weighted by Crippen LogP contribution is -2.37. The maximum atomic E-state index is 6.38. The molecule has 1 aromatic carbocycles. The number of imidazole rings is 1. The van der Waals surface area contributed by atoms with Crippen molar-refractivity contribution in [2.75, 3.05) is 6.61 Å². The third-order valence-electron chi connectivity index (χ3n) is 4.18. The fraction of sp³-hybridized carbons (Fsp3) is 0.500. The Morgan fingerprint density at radius 2 is 2.32 bits per heavy atom. The summed E-state index contributed by atoms with van der Waals surface area (Å²) < 4.78 is 7.92. The van der Waals surface area contributed by atoms with Crippen molar-refractivity contribution in [2.45, 2.75) is 37.8 Å². The summed E-state index contributed by atoms with van der Waals surface area (Å²) in [6.07, 6.45) is 1.05. The molecule has 0 N–H and O–H groups in total. The number of nitrogens with zero attached hydrogens (tertiary/aromatic N) is 2. The van der Waals surface area contributed by atoms with E-state index in [-0.39, 0.29) is 11.6 Å². The highest BCUT2D eigenvalue weighted by Crippen LogP contribution is 2.39. The molecule has 0 aliphatic carbocycles. The molecule has 0 spiro atoms. The highest BCUT2D eigenvalue weighted by Gasteiger charge is 2.41. The highest BCUT2D eigenvalue weighted by atomic mass is 35.5. The number of rotatable bonds is 2. The summed E-state index contributed by atoms with van der Waals surface area (Å²) in [7, 11) is 0. The van der Waals surface area contributed by atoms with Gasteiger partial charge in [-0.15, -0.1) is 11.6 Å². The van der Waals surface area contributed by atoms with Gasteiger partial charge in [-0.25, -0.2) is 4.98 Å². The Labute approximate surface area is 122 Å². The van der Waals surface area contributed by atoms with E-state index in [1.807, 2.05) is 18.2 Å². The van der Waals surface area contributed by atoms with E-state index in [1.54, 1.807) is 0 Å². The van der Waals surface area contributed by atoms with Crippen LogP contribution >= 0.6 is 23.2 Å². The van der Waals surface area contributed by atoms with Crippen LogP contribution in [0.4, 0.5) is 0 Å². The van der Waals surface area contributed by atoms with Crippen molar-refractivity contribution in [3.05, 3.63) is 29.0 Å². The molecule has 3 nitrogen and oxygen atoms in total. The van der Waals surface area contributed by atoms with Gasteiger partial charge in [-0.2, -0.15) is 0 Å². The van der Waals surface area contributed by atoms with E-state index in [9.17, 15) is 0 Å². The van der Waals surface area contributed by atoms with Gasteiger partial charge in [0.2, 0.25) is 0 Å². The van der Waals surface area contributed by atoms with Crippen LogP contribution in [0.25, 0.3) is 11.0 Å². The topological polar surface area (TPSA) is 27.1 Å². The van der Waals surface area contributed by atoms with Crippen LogP contribution in [0.2, 0.25) is 5.02 Å². The van der Waals surface area contributed by atoms with Crippen molar-refractivity contribution in [1.82, 2.24) is 9.55 Å². The first-order chi connectivity index (χ1) is 9.08. The molecular formula is C14H16Cl2N2O. The Kier molecular flexibility index (Phi) is 3.24. The van der Waals surface area contributed by atoms with Crippen LogP contribution in [-0.2, 0) is 16.2 Å². The summed E-state index contributed by atoms with van der Waals surface area (Å²) in [5.74, 6) is 1.22. The molecule has 2 atom stereocenters. The van der Waals surface area contributed by atoms with Gasteiger partial charge in [0.1, 0.15) is 5.82 Å². The molecule has 0 amide bonds. The Hall–Kier alpha value is -0.770. The summed E-state index contributed by atoms with van der Waals surface area (Å²) in [6, 6.07) is 5.78. The second kappa shape index (κ2) is 4.65. The van der Waals surface area contributed by atoms with E-state index >= 15 is 0 Å². The van der Waals surface area contributed by atoms with E-state index in [4.69, 9.17) is 27.9 Å². The normalized spacial score (nSPS) is 27.3. The molecule has 2 heterocycles. The van der Waals surface area contributed by atoms with Gasteiger partial charge in [0.15, 0.2) is 0 Å². The van der Waals surface area contributed by atoms with E-state index in [2.05, 4.69) is 23.4 Å². The molecule has 2 unspecified atom stereocenters. The van der Waals surface area contributed by atoms with Crippen LogP contribution in [0.1, 0.15) is 26.1 Å². The number of aromatic nitrogens is 2. The van der Waals surface area contributed by atoms with Gasteiger partial charge >= 0.3 is 0 Å². The lowest BCUT2D eigenvalue weighted by atomic mass is 9.93. The van der Waals surface area contributed by atoms with Crippen molar-refractivity contribution in [1.29, 1.82) is 0 Å². The molecule has 102 valence electrons. The Morgan fingerprint density at radius 3 is 2.95 bits per heavy atom. The van der Waals surface area contributed by atoms with Crippen LogP contribution in [-0.4, -0.2) is 22.3 Å². The van der Waals surface area contributed by atoms with E-state index in [0.29, 0.717) is 10.9 Å². The molecule has 0 saturated carbocycles. The van der Waals surface area contributed by atoms with Crippen molar-refractivity contribution in [3.8, 4) is 0 Å². The smallest absolute Gasteiger partial charge is 0.125 e. The molecule has 1 aliphatic heterocycles. The van der Waals surface area contributed by atoms with Crippen LogP contribution < -0.4 is 0 Å². The van der Waals surface area contributed by atoms with Gasteiger partial charge in [-0.05, 0) is 32.4 Å². The quantitative estimate of drug-likeness (QED) is 0.785. The predicted octanol–water partition coefficient (Wildman–Crippen LogP) is 3.95. The van der Waals surface area contributed by atoms with Crippen molar-refractivity contribution < 1.29 is 4.74 Å². The zero-order valence-electron chi connectivity index (χ0n) is 11.0. The maximum absolute atomic E-state index is 6.38. The zero-order valence-corrected chi connectivity index (χ0v) is 12.5. The van der Waals surface area contributed by atoms with E-state index in [1.165, 1.54) is 0 Å². The molecule has 1 saturated heterocycles. The Morgan fingerprint density at radius 1 is 1.53 bits per heavy atom. The van der Waals surface area contributed by atoms with Crippen LogP contribution in [0.5, 0.6) is 0 Å². The minimum Gasteiger partial charge on any atom is -0.376 e. The first-order valence-electron chi connectivity index (χ1n) is 6.42. The van der Waals surface area contributed by atoms with Crippen molar-refractivity contribution in [3.63, 3.8) is 0 Å². The largest absolute Gasteiger partial charge is 0.376 e. The number of benzene rings is 1. The average Bonchev–Trinajstić information content (AvgIpc) is 2.92. The molecule has 3 rings (SSSR count). The highest BCUT2D eigenvalue weighted by molar-refractivity contribution is 6.35. The number of fused-ring (bicyclic) bond motifs is 1. The summed E-state index contributed by atoms with van der Waals surface area (Å²) in [5.41, 5.74) is 1.70. The zero-order chi connectivity index (χ0) is 13.6. The second-order valence-corrected chi connectivity index (χ2v) is 5.90. The van der Waals surface area contributed by atoms with Crippen LogP contribution in [0.3, 0.4) is 0 Å². The van der Waals surface area contributed by atoms with Crippen LogP contribution in [0, 0.1) is 0 Å². The number of halogens is 2. The van der Waals surface area contributed by atoms with Gasteiger partial charge in [-0.3, -0.25) is 0 Å². The third-order valence-corrected chi connectivity index (χ3v) is 4.72. The fourth-order valence-electron chi connectivity index (χ4n) is 2.89. The minimum atomic E-state index is -0.149. The molecule has 1 fully saturated rings. The predicted molar refractivity (Wildman–Crippen MR) is 78.0 cm³/mol. The summed E-state index contributed by atoms with van der Waals surface area (Å²) in [4.78, 5) is 4.61. The van der Waals surface area contributed by atoms with Gasteiger partial charge in [0.05, 0.1) is 33.6 Å². The maximum Gasteiger partial charge on any atom is 0.125 e. The lowest BCUT2D eigenvalue weighted by molar-refractivity contribution is 0.0766. The molecule has 5 heteroatoms. The second-order valence-electron chi connectivity index (χ2n) is 5.22. The molecule has 19 heavy (non-hydrogen) atoms. The summed E-state index contributed by atoms with van der Waals surface area (Å²) >= 11 is 12.5. The van der Waals surface area contributed by atoms with Gasteiger partial charge in [0.25, 0.3) is 0 Å². The summed E-state index contributed by atoms with van der Waals surface area (Å²) in [5, 5.41) is 0.710. The number of ether oxygens (including phenoxy) is 1. The Bertz CT molecular complexity index is 625. The molecular weight excluding hydrogens is 283 g/mol. The van der Waals surface area contributed by atoms with E-state index in [0.717, 1.165) is 29.9 Å². The van der Waals surface area contributed by atoms with Crippen molar-refractivity contribution >= 4 is 34.2 Å². The first-order valence-corrected chi connectivity index (χ1v) is 7.33. The average molecular weight is 299 g/mol. The van der Waals surface area contributed by atoms with Gasteiger partial charge in [-0.1, -0.05) is 17.7 Å². The van der Waals surface area contributed by atoms with Gasteiger partial charge < -0.3 is 9.30 Å². The van der Waals surface area contributed by atoms with Crippen LogP contribution in [0.15, 0.2) is 18.2 Å². The monoisotopic (exact) mass is 298 g/mol. The molecule has 1 aliphatic rings. The van der Waals surface area contributed by atoms with Gasteiger partial charge in [0, 0.05) is 6.61 Å². The minimum absolute atomic E-state index is 0.114. The number of hydrogen-bond acceptors (Lipinski definition) is 2. The Balaban J connectivity index is 2.32. The number of alkyl halides is 1. The molecule has 0 radical (unpaired) electrons. The fourth-order valence-corrected chi connectivity index (χ4v) is 3.33. The molecule has 2 aromatic rings. The summed E-state index contributed by atoms with van der Waals surface area (Å²) in [6.45, 7) is 5.03. The molecule has 1 aromatic heterocycles. The first kappa shape index (κ1) is 13.2. The lowest BCUT2D eigenvalue weighted by Gasteiger charge is -2.31. The standard InChI is InChI=1S/C14H16Cl2N2O/c1-9-14(2,6-7-19-9)18-12(8-15)17-11-5-3-4-10(16)13(11)18/h3-5,9H,6-8H2,1-2H3. The van der Waals surface area contributed by atoms with E-state index < -0.39 is 0 Å². The van der Waals surface area contributed by atoms with Crippen molar-refractivity contribution in [2.24, 2.45) is 0 Å².